The largest absolute Gasteiger partial charge is 0.506 e. The molecule has 84 valence electrons. The fraction of sp³-hybridized carbons (Fsp3) is 0.333. The van der Waals surface area contributed by atoms with Gasteiger partial charge in [0.1, 0.15) is 16.4 Å². The highest BCUT2D eigenvalue weighted by atomic mass is 32.2. The summed E-state index contributed by atoms with van der Waals surface area (Å²) in [6.07, 6.45) is 0.436. The first-order valence-corrected chi connectivity index (χ1v) is 5.71. The summed E-state index contributed by atoms with van der Waals surface area (Å²) in [4.78, 5) is -0.529. The molecular weight excluding hydrogens is 220 g/mol. The normalized spacial score (nSPS) is 11.4. The van der Waals surface area contributed by atoms with E-state index < -0.39 is 20.8 Å². The lowest BCUT2D eigenvalue weighted by Gasteiger charge is -2.09. The molecule has 0 aliphatic heterocycles. The van der Waals surface area contributed by atoms with Gasteiger partial charge in [-0.1, -0.05) is 6.92 Å². The van der Waals surface area contributed by atoms with Crippen molar-refractivity contribution in [2.24, 2.45) is 0 Å². The van der Waals surface area contributed by atoms with Gasteiger partial charge in [-0.05, 0) is 18.1 Å². The van der Waals surface area contributed by atoms with Gasteiger partial charge in [0.25, 0.3) is 10.1 Å². The van der Waals surface area contributed by atoms with Gasteiger partial charge >= 0.3 is 0 Å². The second kappa shape index (κ2) is 4.08. The van der Waals surface area contributed by atoms with E-state index in [-0.39, 0.29) is 5.75 Å². The van der Waals surface area contributed by atoms with E-state index in [1.807, 2.05) is 0 Å². The van der Waals surface area contributed by atoms with Crippen molar-refractivity contribution in [2.45, 2.75) is 18.2 Å². The Hall–Kier alpha value is -1.27. The molecule has 0 aliphatic rings. The predicted molar refractivity (Wildman–Crippen MR) is 53.9 cm³/mol. The van der Waals surface area contributed by atoms with E-state index in [0.29, 0.717) is 12.0 Å². The van der Waals surface area contributed by atoms with Crippen LogP contribution in [0.5, 0.6) is 11.5 Å². The minimum absolute atomic E-state index is 0.275. The summed E-state index contributed by atoms with van der Waals surface area (Å²) in [5.74, 6) is -0.155. The molecule has 1 aromatic carbocycles. The molecule has 1 aromatic rings. The summed E-state index contributed by atoms with van der Waals surface area (Å²) in [6.45, 7) is 1.75. The van der Waals surface area contributed by atoms with Crippen molar-refractivity contribution < 1.29 is 22.8 Å². The first kappa shape index (κ1) is 11.8. The zero-order valence-corrected chi connectivity index (χ0v) is 9.21. The fourth-order valence-electron chi connectivity index (χ4n) is 1.22. The molecule has 1 rings (SSSR count). The highest BCUT2D eigenvalue weighted by Crippen LogP contribution is 2.31. The van der Waals surface area contributed by atoms with Gasteiger partial charge in [0, 0.05) is 6.07 Å². The smallest absolute Gasteiger partial charge is 0.298 e. The number of ether oxygens (including phenoxy) is 1. The molecule has 5 nitrogen and oxygen atoms in total. The summed E-state index contributed by atoms with van der Waals surface area (Å²) in [7, 11) is -3.05. The molecule has 0 bridgehead atoms. The first-order chi connectivity index (χ1) is 6.90. The Balaban J connectivity index is 3.51. The van der Waals surface area contributed by atoms with Gasteiger partial charge in [-0.25, -0.2) is 0 Å². The van der Waals surface area contributed by atoms with Crippen molar-refractivity contribution in [2.75, 3.05) is 7.11 Å². The van der Waals surface area contributed by atoms with Gasteiger partial charge in [-0.2, -0.15) is 8.42 Å². The molecule has 0 spiro atoms. The van der Waals surface area contributed by atoms with Crippen LogP contribution >= 0.6 is 0 Å². The van der Waals surface area contributed by atoms with Crippen LogP contribution in [0.2, 0.25) is 0 Å². The maximum absolute atomic E-state index is 10.9. The third-order valence-corrected chi connectivity index (χ3v) is 2.89. The van der Waals surface area contributed by atoms with Crippen molar-refractivity contribution in [1.82, 2.24) is 0 Å². The van der Waals surface area contributed by atoms with Crippen LogP contribution in [0.1, 0.15) is 12.5 Å². The van der Waals surface area contributed by atoms with E-state index in [9.17, 15) is 13.5 Å². The number of hydrogen-bond acceptors (Lipinski definition) is 4. The van der Waals surface area contributed by atoms with Gasteiger partial charge in [-0.3, -0.25) is 4.55 Å². The van der Waals surface area contributed by atoms with Crippen molar-refractivity contribution in [3.8, 4) is 11.5 Å². The SMILES string of the molecule is CCc1cc(OC)cc(S(=O)(=O)O)c1O. The van der Waals surface area contributed by atoms with E-state index in [2.05, 4.69) is 0 Å². The Kier molecular flexibility index (Phi) is 3.21. The molecule has 0 radical (unpaired) electrons. The molecule has 2 N–H and O–H groups in total. The highest BCUT2D eigenvalue weighted by molar-refractivity contribution is 7.86. The Morgan fingerprint density at radius 3 is 2.40 bits per heavy atom. The Labute approximate surface area is 88.1 Å². The van der Waals surface area contributed by atoms with Gasteiger partial charge in [-0.15, -0.1) is 0 Å². The lowest BCUT2D eigenvalue weighted by atomic mass is 10.1. The number of rotatable bonds is 3. The summed E-state index contributed by atoms with van der Waals surface area (Å²) >= 11 is 0. The molecule has 6 heteroatoms. The Morgan fingerprint density at radius 2 is 2.00 bits per heavy atom. The number of aromatic hydroxyl groups is 1. The molecule has 0 heterocycles. The summed E-state index contributed by atoms with van der Waals surface area (Å²) in [5, 5.41) is 9.55. The zero-order chi connectivity index (χ0) is 11.6. The number of phenols is 1. The molecule has 0 amide bonds. The summed E-state index contributed by atoms with van der Waals surface area (Å²) in [6, 6.07) is 2.59. The van der Waals surface area contributed by atoms with Crippen LogP contribution in [0.25, 0.3) is 0 Å². The monoisotopic (exact) mass is 232 g/mol. The second-order valence-corrected chi connectivity index (χ2v) is 4.35. The molecule has 0 atom stereocenters. The summed E-state index contributed by atoms with van der Waals surface area (Å²) < 4.78 is 35.6. The second-order valence-electron chi connectivity index (χ2n) is 2.96. The molecule has 0 fully saturated rings. The van der Waals surface area contributed by atoms with E-state index in [1.165, 1.54) is 13.2 Å². The lowest BCUT2D eigenvalue weighted by molar-refractivity contribution is 0.403. The minimum Gasteiger partial charge on any atom is -0.506 e. The number of phenolic OH excluding ortho intramolecular Hbond substituents is 1. The van der Waals surface area contributed by atoms with E-state index in [4.69, 9.17) is 9.29 Å². The van der Waals surface area contributed by atoms with Gasteiger partial charge in [0.2, 0.25) is 0 Å². The van der Waals surface area contributed by atoms with E-state index >= 15 is 0 Å². The number of benzene rings is 1. The Bertz CT molecular complexity index is 464. The van der Waals surface area contributed by atoms with Crippen molar-refractivity contribution in [1.29, 1.82) is 0 Å². The maximum atomic E-state index is 10.9. The molecule has 15 heavy (non-hydrogen) atoms. The highest BCUT2D eigenvalue weighted by Gasteiger charge is 2.19. The topological polar surface area (TPSA) is 83.8 Å². The molecular formula is C9H12O5S. The molecule has 0 aromatic heterocycles. The molecule has 0 saturated carbocycles. The van der Waals surface area contributed by atoms with Crippen LogP contribution in [-0.2, 0) is 16.5 Å². The van der Waals surface area contributed by atoms with Crippen LogP contribution in [-0.4, -0.2) is 25.2 Å². The van der Waals surface area contributed by atoms with Crippen molar-refractivity contribution in [3.05, 3.63) is 17.7 Å². The van der Waals surface area contributed by atoms with Gasteiger partial charge < -0.3 is 9.84 Å². The van der Waals surface area contributed by atoms with Crippen molar-refractivity contribution >= 4 is 10.1 Å². The predicted octanol–water partition coefficient (Wildman–Crippen LogP) is 1.21. The lowest BCUT2D eigenvalue weighted by Crippen LogP contribution is -2.01. The average molecular weight is 232 g/mol. The van der Waals surface area contributed by atoms with Crippen molar-refractivity contribution in [3.63, 3.8) is 0 Å². The van der Waals surface area contributed by atoms with Crippen LogP contribution in [0.15, 0.2) is 17.0 Å². The fourth-order valence-corrected chi connectivity index (χ4v) is 1.86. The third-order valence-electron chi connectivity index (χ3n) is 2.02. The standard InChI is InChI=1S/C9H12O5S/c1-3-6-4-7(14-2)5-8(9(6)10)15(11,12)13/h4-5,10H,3H2,1-2H3,(H,11,12,13). The number of hydrogen-bond donors (Lipinski definition) is 2. The average Bonchev–Trinajstić information content (AvgIpc) is 2.16. The quantitative estimate of drug-likeness (QED) is 0.765. The van der Waals surface area contributed by atoms with Crippen LogP contribution in [0.4, 0.5) is 0 Å². The summed E-state index contributed by atoms with van der Waals surface area (Å²) in [5.41, 5.74) is 0.405. The molecule has 0 unspecified atom stereocenters. The van der Waals surface area contributed by atoms with Crippen LogP contribution < -0.4 is 4.74 Å². The van der Waals surface area contributed by atoms with Gasteiger partial charge in [0.05, 0.1) is 7.11 Å². The minimum atomic E-state index is -4.43. The number of aryl methyl sites for hydroxylation is 1. The third kappa shape index (κ3) is 2.40. The van der Waals surface area contributed by atoms with Crippen LogP contribution in [0, 0.1) is 0 Å². The van der Waals surface area contributed by atoms with Crippen LogP contribution in [0.3, 0.4) is 0 Å². The first-order valence-electron chi connectivity index (χ1n) is 4.27. The van der Waals surface area contributed by atoms with E-state index in [1.54, 1.807) is 6.92 Å². The maximum Gasteiger partial charge on any atom is 0.298 e. The zero-order valence-electron chi connectivity index (χ0n) is 8.39. The van der Waals surface area contributed by atoms with Gasteiger partial charge in [0.15, 0.2) is 0 Å². The molecule has 0 saturated heterocycles. The van der Waals surface area contributed by atoms with E-state index in [0.717, 1.165) is 6.07 Å². The number of methoxy groups -OCH3 is 1. The molecule has 0 aliphatic carbocycles. The Morgan fingerprint density at radius 1 is 1.40 bits per heavy atom.